The average molecular weight is 316 g/mol. The molecule has 128 valence electrons. The molecule has 1 unspecified atom stereocenters. The second-order valence-corrected chi connectivity index (χ2v) is 6.95. The van der Waals surface area contributed by atoms with Crippen molar-refractivity contribution in [1.29, 1.82) is 0 Å². The maximum Gasteiger partial charge on any atom is 0.251 e. The van der Waals surface area contributed by atoms with Gasteiger partial charge >= 0.3 is 0 Å². The molecule has 0 spiro atoms. The van der Waals surface area contributed by atoms with Crippen molar-refractivity contribution in [3.63, 3.8) is 0 Å². The summed E-state index contributed by atoms with van der Waals surface area (Å²) in [6, 6.07) is 4.86. The molecule has 1 aliphatic heterocycles. The van der Waals surface area contributed by atoms with Crippen LogP contribution >= 0.6 is 0 Å². The predicted molar refractivity (Wildman–Crippen MR) is 97.1 cm³/mol. The Hall–Kier alpha value is -1.35. The normalized spacial score (nSPS) is 18.9. The molecule has 3 nitrogen and oxygen atoms in total. The van der Waals surface area contributed by atoms with Gasteiger partial charge in [-0.1, -0.05) is 19.4 Å². The zero-order chi connectivity index (χ0) is 16.8. The Bertz CT molecular complexity index is 539. The number of nitrogens with zero attached hydrogens (tertiary/aromatic N) is 1. The van der Waals surface area contributed by atoms with E-state index in [0.29, 0.717) is 0 Å². The fourth-order valence-corrected chi connectivity index (χ4v) is 3.60. The fourth-order valence-electron chi connectivity index (χ4n) is 3.60. The third-order valence-corrected chi connectivity index (χ3v) is 5.21. The molecule has 1 aliphatic rings. The first-order valence-corrected chi connectivity index (χ1v) is 9.13. The summed E-state index contributed by atoms with van der Waals surface area (Å²) >= 11 is 0. The maximum atomic E-state index is 12.4. The van der Waals surface area contributed by atoms with Gasteiger partial charge in [0.15, 0.2) is 0 Å². The van der Waals surface area contributed by atoms with Gasteiger partial charge in [0.25, 0.3) is 5.91 Å². The van der Waals surface area contributed by atoms with E-state index in [1.54, 1.807) is 0 Å². The van der Waals surface area contributed by atoms with Crippen molar-refractivity contribution in [2.75, 3.05) is 19.6 Å². The smallest absolute Gasteiger partial charge is 0.251 e. The highest BCUT2D eigenvalue weighted by Crippen LogP contribution is 2.19. The predicted octanol–water partition coefficient (Wildman–Crippen LogP) is 4.00. The molecular formula is C20H32N2O. The molecule has 0 aromatic heterocycles. The minimum atomic E-state index is 0.0660. The highest BCUT2D eigenvalue weighted by molar-refractivity contribution is 5.95. The third-order valence-electron chi connectivity index (χ3n) is 5.21. The van der Waals surface area contributed by atoms with E-state index in [-0.39, 0.29) is 5.91 Å². The number of benzene rings is 1. The molecule has 1 saturated heterocycles. The van der Waals surface area contributed by atoms with Gasteiger partial charge in [0.05, 0.1) is 0 Å². The SMILES string of the molecule is CCC1CCCCN1CCCNC(=O)c1cc(C)c(C)cc1C. The van der Waals surface area contributed by atoms with E-state index in [1.807, 2.05) is 13.0 Å². The number of aryl methyl sites for hydroxylation is 3. The number of carbonyl (C=O) groups excluding carboxylic acids is 1. The number of piperidine rings is 1. The molecule has 1 aromatic carbocycles. The second kappa shape index (κ2) is 8.49. The van der Waals surface area contributed by atoms with Gasteiger partial charge in [-0.15, -0.1) is 0 Å². The third kappa shape index (κ3) is 4.81. The molecule has 0 radical (unpaired) electrons. The Morgan fingerprint density at radius 1 is 1.17 bits per heavy atom. The summed E-state index contributed by atoms with van der Waals surface area (Å²) in [5, 5.41) is 3.09. The fraction of sp³-hybridized carbons (Fsp3) is 0.650. The van der Waals surface area contributed by atoms with Gasteiger partial charge in [0.1, 0.15) is 0 Å². The molecule has 0 aliphatic carbocycles. The summed E-state index contributed by atoms with van der Waals surface area (Å²) in [4.78, 5) is 15.0. The van der Waals surface area contributed by atoms with Crippen molar-refractivity contribution >= 4 is 5.91 Å². The lowest BCUT2D eigenvalue weighted by Crippen LogP contribution is -2.40. The minimum Gasteiger partial charge on any atom is -0.352 e. The summed E-state index contributed by atoms with van der Waals surface area (Å²) in [5.41, 5.74) is 4.31. The average Bonchev–Trinajstić information content (AvgIpc) is 2.55. The van der Waals surface area contributed by atoms with Gasteiger partial charge in [-0.05, 0) is 75.8 Å². The molecule has 0 bridgehead atoms. The Kier molecular flexibility index (Phi) is 6.64. The van der Waals surface area contributed by atoms with E-state index in [1.165, 1.54) is 43.4 Å². The van der Waals surface area contributed by atoms with Crippen molar-refractivity contribution in [3.8, 4) is 0 Å². The molecule has 1 heterocycles. The van der Waals surface area contributed by atoms with Crippen LogP contribution in [0.1, 0.15) is 66.1 Å². The van der Waals surface area contributed by atoms with E-state index in [2.05, 4.69) is 37.1 Å². The zero-order valence-electron chi connectivity index (χ0n) is 15.2. The molecule has 23 heavy (non-hydrogen) atoms. The van der Waals surface area contributed by atoms with Crippen LogP contribution in [0.25, 0.3) is 0 Å². The van der Waals surface area contributed by atoms with E-state index < -0.39 is 0 Å². The van der Waals surface area contributed by atoms with Gasteiger partial charge in [-0.2, -0.15) is 0 Å². The Morgan fingerprint density at radius 2 is 1.91 bits per heavy atom. The van der Waals surface area contributed by atoms with E-state index in [0.717, 1.165) is 36.7 Å². The maximum absolute atomic E-state index is 12.4. The second-order valence-electron chi connectivity index (χ2n) is 6.95. The Morgan fingerprint density at radius 3 is 2.65 bits per heavy atom. The molecule has 1 atom stereocenters. The lowest BCUT2D eigenvalue weighted by molar-refractivity contribution is 0.0946. The van der Waals surface area contributed by atoms with Crippen LogP contribution in [0.4, 0.5) is 0 Å². The zero-order valence-corrected chi connectivity index (χ0v) is 15.2. The highest BCUT2D eigenvalue weighted by atomic mass is 16.1. The van der Waals surface area contributed by atoms with Gasteiger partial charge in [0.2, 0.25) is 0 Å². The van der Waals surface area contributed by atoms with Crippen molar-refractivity contribution < 1.29 is 4.79 Å². The van der Waals surface area contributed by atoms with Crippen molar-refractivity contribution in [2.45, 2.75) is 65.8 Å². The minimum absolute atomic E-state index is 0.0660. The van der Waals surface area contributed by atoms with Crippen LogP contribution < -0.4 is 5.32 Å². The molecule has 0 saturated carbocycles. The number of amides is 1. The van der Waals surface area contributed by atoms with Crippen LogP contribution in [0, 0.1) is 20.8 Å². The van der Waals surface area contributed by atoms with E-state index >= 15 is 0 Å². The van der Waals surface area contributed by atoms with Crippen LogP contribution in [0.3, 0.4) is 0 Å². The lowest BCUT2D eigenvalue weighted by atomic mass is 9.99. The van der Waals surface area contributed by atoms with E-state index in [4.69, 9.17) is 0 Å². The number of likely N-dealkylation sites (tertiary alicyclic amines) is 1. The van der Waals surface area contributed by atoms with Crippen LogP contribution in [0.5, 0.6) is 0 Å². The van der Waals surface area contributed by atoms with Crippen LogP contribution in [0.15, 0.2) is 12.1 Å². The quantitative estimate of drug-likeness (QED) is 0.805. The van der Waals surface area contributed by atoms with E-state index in [9.17, 15) is 4.79 Å². The molecule has 2 rings (SSSR count). The van der Waals surface area contributed by atoms with Crippen molar-refractivity contribution in [2.24, 2.45) is 0 Å². The Balaban J connectivity index is 1.80. The summed E-state index contributed by atoms with van der Waals surface area (Å²) in [6.07, 6.45) is 6.31. The van der Waals surface area contributed by atoms with Gasteiger partial charge in [-0.3, -0.25) is 4.79 Å². The van der Waals surface area contributed by atoms with Crippen LogP contribution in [-0.4, -0.2) is 36.5 Å². The molecule has 1 fully saturated rings. The topological polar surface area (TPSA) is 32.3 Å². The molecule has 3 heteroatoms. The van der Waals surface area contributed by atoms with Crippen LogP contribution in [0.2, 0.25) is 0 Å². The lowest BCUT2D eigenvalue weighted by Gasteiger charge is -2.35. The number of carbonyl (C=O) groups is 1. The number of hydrogen-bond acceptors (Lipinski definition) is 2. The van der Waals surface area contributed by atoms with Crippen LogP contribution in [-0.2, 0) is 0 Å². The van der Waals surface area contributed by atoms with Crippen molar-refractivity contribution in [3.05, 3.63) is 34.4 Å². The highest BCUT2D eigenvalue weighted by Gasteiger charge is 2.20. The molecular weight excluding hydrogens is 284 g/mol. The summed E-state index contributed by atoms with van der Waals surface area (Å²) in [5.74, 6) is 0.0660. The number of rotatable bonds is 6. The molecule has 1 N–H and O–H groups in total. The summed E-state index contributed by atoms with van der Waals surface area (Å²) in [6.45, 7) is 11.5. The first-order chi connectivity index (χ1) is 11.0. The number of nitrogens with one attached hydrogen (secondary N) is 1. The van der Waals surface area contributed by atoms with Crippen molar-refractivity contribution in [1.82, 2.24) is 10.2 Å². The molecule has 1 aromatic rings. The van der Waals surface area contributed by atoms with Gasteiger partial charge < -0.3 is 10.2 Å². The molecule has 1 amide bonds. The largest absolute Gasteiger partial charge is 0.352 e. The van der Waals surface area contributed by atoms with Gasteiger partial charge in [0, 0.05) is 24.7 Å². The first kappa shape index (κ1) is 18.0. The first-order valence-electron chi connectivity index (χ1n) is 9.13. The summed E-state index contributed by atoms with van der Waals surface area (Å²) < 4.78 is 0. The number of hydrogen-bond donors (Lipinski definition) is 1. The summed E-state index contributed by atoms with van der Waals surface area (Å²) in [7, 11) is 0. The monoisotopic (exact) mass is 316 g/mol. The standard InChI is InChI=1S/C20H32N2O/c1-5-18-9-6-7-11-22(18)12-8-10-21-20(23)19-14-16(3)15(2)13-17(19)4/h13-14,18H,5-12H2,1-4H3,(H,21,23). The van der Waals surface area contributed by atoms with Gasteiger partial charge in [-0.25, -0.2) is 0 Å². The Labute approximate surface area is 141 Å².